The van der Waals surface area contributed by atoms with E-state index in [9.17, 15) is 13.2 Å². The van der Waals surface area contributed by atoms with Gasteiger partial charge in [0.05, 0.1) is 39.8 Å². The number of alkyl halides is 3. The predicted molar refractivity (Wildman–Crippen MR) is 133 cm³/mol. The van der Waals surface area contributed by atoms with Gasteiger partial charge in [0.25, 0.3) is 5.19 Å². The molecule has 200 valence electrons. The third-order valence-corrected chi connectivity index (χ3v) is 7.89. The molecule has 6 rings (SSSR count). The van der Waals surface area contributed by atoms with Gasteiger partial charge in [-0.15, -0.1) is 5.10 Å². The number of nitrogens with zero attached hydrogens (tertiary/aromatic N) is 7. The zero-order chi connectivity index (χ0) is 26.4. The molecular weight excluding hydrogens is 547 g/mol. The number of hydrogen-bond donors (Lipinski definition) is 0. The molecule has 0 aromatic carbocycles. The average molecular weight is 568 g/mol. The van der Waals surface area contributed by atoms with E-state index in [1.165, 1.54) is 30.1 Å². The summed E-state index contributed by atoms with van der Waals surface area (Å²) in [6.07, 6.45) is -1.20. The molecule has 0 atom stereocenters. The Kier molecular flexibility index (Phi) is 6.23. The van der Waals surface area contributed by atoms with E-state index in [-0.39, 0.29) is 18.1 Å². The van der Waals surface area contributed by atoms with Gasteiger partial charge in [0.2, 0.25) is 4.96 Å². The molecule has 11 nitrogen and oxygen atoms in total. The van der Waals surface area contributed by atoms with Gasteiger partial charge in [-0.1, -0.05) is 11.3 Å². The van der Waals surface area contributed by atoms with Gasteiger partial charge in [-0.25, -0.2) is 19.0 Å². The number of methoxy groups -OCH3 is 2. The standard InChI is InChI=1S/C22H20F3N7O4S2/c1-33-12-7-17(36-11-15-18(22(23,24)25)37-19(27-15)30-3-5-35-6-4-30)16-8-13(28-31(16)9-12)14-10-32-20(26-14)38-21(29-32)34-2/h7-10H,3-6,11H2,1-2H3. The van der Waals surface area contributed by atoms with Crippen molar-refractivity contribution in [3.8, 4) is 28.1 Å². The van der Waals surface area contributed by atoms with Gasteiger partial charge in [-0.2, -0.15) is 18.3 Å². The first kappa shape index (κ1) is 24.7. The van der Waals surface area contributed by atoms with Crippen LogP contribution in [0.4, 0.5) is 18.3 Å². The summed E-state index contributed by atoms with van der Waals surface area (Å²) in [5.74, 6) is 0.709. The lowest BCUT2D eigenvalue weighted by atomic mass is 10.3. The smallest absolute Gasteiger partial charge is 0.427 e. The van der Waals surface area contributed by atoms with Crippen LogP contribution in [0.1, 0.15) is 10.6 Å². The Bertz CT molecular complexity index is 1570. The van der Waals surface area contributed by atoms with E-state index in [2.05, 4.69) is 20.2 Å². The fraction of sp³-hybridized carbons (Fsp3) is 0.364. The molecule has 1 saturated heterocycles. The zero-order valence-electron chi connectivity index (χ0n) is 20.1. The normalized spacial score (nSPS) is 14.5. The summed E-state index contributed by atoms with van der Waals surface area (Å²) >= 11 is 1.89. The second-order valence-electron chi connectivity index (χ2n) is 8.19. The van der Waals surface area contributed by atoms with Crippen molar-refractivity contribution in [2.75, 3.05) is 45.4 Å². The molecule has 16 heteroatoms. The first-order valence-electron chi connectivity index (χ1n) is 11.3. The molecule has 0 amide bonds. The molecule has 1 aliphatic heterocycles. The van der Waals surface area contributed by atoms with Crippen LogP contribution >= 0.6 is 22.7 Å². The Morgan fingerprint density at radius 3 is 2.50 bits per heavy atom. The van der Waals surface area contributed by atoms with Gasteiger partial charge in [0.1, 0.15) is 45.6 Å². The average Bonchev–Trinajstić information content (AvgIpc) is 3.68. The summed E-state index contributed by atoms with van der Waals surface area (Å²) in [5.41, 5.74) is 1.44. The lowest BCUT2D eigenvalue weighted by Gasteiger charge is -2.26. The number of aromatic nitrogens is 6. The highest BCUT2D eigenvalue weighted by Gasteiger charge is 2.38. The van der Waals surface area contributed by atoms with E-state index in [0.717, 1.165) is 0 Å². The largest absolute Gasteiger partial charge is 0.495 e. The highest BCUT2D eigenvalue weighted by Crippen LogP contribution is 2.40. The second-order valence-corrected chi connectivity index (χ2v) is 10.1. The number of pyridine rings is 1. The Labute approximate surface area is 221 Å². The van der Waals surface area contributed by atoms with E-state index in [1.807, 2.05) is 0 Å². The highest BCUT2D eigenvalue weighted by molar-refractivity contribution is 7.18. The number of rotatable bonds is 7. The fourth-order valence-corrected chi connectivity index (χ4v) is 5.66. The zero-order valence-corrected chi connectivity index (χ0v) is 21.7. The maximum absolute atomic E-state index is 13.8. The Morgan fingerprint density at radius 2 is 1.79 bits per heavy atom. The van der Waals surface area contributed by atoms with E-state index in [0.29, 0.717) is 75.6 Å². The van der Waals surface area contributed by atoms with Gasteiger partial charge >= 0.3 is 6.18 Å². The molecule has 0 aliphatic carbocycles. The van der Waals surface area contributed by atoms with E-state index in [4.69, 9.17) is 18.9 Å². The van der Waals surface area contributed by atoms with Gasteiger partial charge in [-0.3, -0.25) is 0 Å². The number of morpholine rings is 1. The second kappa shape index (κ2) is 9.59. The minimum atomic E-state index is -4.56. The van der Waals surface area contributed by atoms with Crippen LogP contribution in [-0.2, 0) is 17.5 Å². The van der Waals surface area contributed by atoms with Crippen LogP contribution in [0.15, 0.2) is 24.5 Å². The maximum Gasteiger partial charge on any atom is 0.427 e. The van der Waals surface area contributed by atoms with Gasteiger partial charge in [-0.05, 0) is 17.4 Å². The Balaban J connectivity index is 1.32. The number of anilines is 1. The van der Waals surface area contributed by atoms with Crippen molar-refractivity contribution in [2.24, 2.45) is 0 Å². The van der Waals surface area contributed by atoms with Crippen LogP contribution in [0.5, 0.6) is 16.7 Å². The van der Waals surface area contributed by atoms with Crippen molar-refractivity contribution in [2.45, 2.75) is 12.8 Å². The lowest BCUT2D eigenvalue weighted by Crippen LogP contribution is -2.36. The summed E-state index contributed by atoms with van der Waals surface area (Å²) in [6.45, 7) is 1.46. The molecule has 0 spiro atoms. The van der Waals surface area contributed by atoms with Crippen molar-refractivity contribution < 1.29 is 32.1 Å². The molecule has 0 saturated carbocycles. The molecular formula is C22H20F3N7O4S2. The quantitative estimate of drug-likeness (QED) is 0.289. The van der Waals surface area contributed by atoms with Crippen molar-refractivity contribution >= 4 is 38.3 Å². The molecule has 5 aromatic heterocycles. The monoisotopic (exact) mass is 567 g/mol. The van der Waals surface area contributed by atoms with E-state index >= 15 is 0 Å². The summed E-state index contributed by atoms with van der Waals surface area (Å²) in [6, 6.07) is 3.34. The molecule has 1 aliphatic rings. The number of ether oxygens (including phenoxy) is 4. The first-order valence-corrected chi connectivity index (χ1v) is 13.0. The lowest BCUT2D eigenvalue weighted by molar-refractivity contribution is -0.135. The third kappa shape index (κ3) is 4.58. The van der Waals surface area contributed by atoms with Gasteiger partial charge < -0.3 is 23.8 Å². The third-order valence-electron chi connectivity index (χ3n) is 5.80. The fourth-order valence-electron chi connectivity index (χ4n) is 3.97. The van der Waals surface area contributed by atoms with Crippen LogP contribution in [0, 0.1) is 0 Å². The SMILES string of the molecule is COc1cc(OCc2nc(N3CCOCC3)sc2C(F)(F)F)c2cc(-c3cn4nc(OC)sc4n3)nn2c1. The van der Waals surface area contributed by atoms with Gasteiger partial charge in [0.15, 0.2) is 5.13 Å². The molecule has 0 unspecified atom stereocenters. The van der Waals surface area contributed by atoms with Crippen LogP contribution in [0.3, 0.4) is 0 Å². The van der Waals surface area contributed by atoms with E-state index < -0.39 is 11.1 Å². The van der Waals surface area contributed by atoms with Crippen LogP contribution in [-0.4, -0.2) is 69.7 Å². The van der Waals surface area contributed by atoms with Crippen molar-refractivity contribution in [1.29, 1.82) is 0 Å². The topological polar surface area (TPSA) is 101 Å². The minimum absolute atomic E-state index is 0.181. The molecule has 0 bridgehead atoms. The molecule has 6 heterocycles. The molecule has 38 heavy (non-hydrogen) atoms. The summed E-state index contributed by atoms with van der Waals surface area (Å²) in [5, 5.41) is 9.60. The number of halogens is 3. The van der Waals surface area contributed by atoms with Crippen molar-refractivity contribution in [1.82, 2.24) is 29.2 Å². The number of imidazole rings is 1. The molecule has 0 N–H and O–H groups in total. The highest BCUT2D eigenvalue weighted by atomic mass is 32.1. The first-order chi connectivity index (χ1) is 18.3. The summed E-state index contributed by atoms with van der Waals surface area (Å²) in [7, 11) is 3.01. The maximum atomic E-state index is 13.8. The van der Waals surface area contributed by atoms with Crippen LogP contribution < -0.4 is 19.1 Å². The van der Waals surface area contributed by atoms with Crippen molar-refractivity contribution in [3.63, 3.8) is 0 Å². The molecule has 1 fully saturated rings. The summed E-state index contributed by atoms with van der Waals surface area (Å²) in [4.78, 5) is 10.5. The Morgan fingerprint density at radius 1 is 0.974 bits per heavy atom. The van der Waals surface area contributed by atoms with Crippen molar-refractivity contribution in [3.05, 3.63) is 35.1 Å². The van der Waals surface area contributed by atoms with E-state index in [1.54, 1.807) is 33.9 Å². The molecule has 0 radical (unpaired) electrons. The van der Waals surface area contributed by atoms with Crippen LogP contribution in [0.2, 0.25) is 0 Å². The Hall–Kier alpha value is -3.63. The number of fused-ring (bicyclic) bond motifs is 2. The van der Waals surface area contributed by atoms with Crippen LogP contribution in [0.25, 0.3) is 21.9 Å². The minimum Gasteiger partial charge on any atom is -0.495 e. The van der Waals surface area contributed by atoms with Gasteiger partial charge in [0, 0.05) is 19.2 Å². The summed E-state index contributed by atoms with van der Waals surface area (Å²) < 4.78 is 66.4. The molecule has 5 aromatic rings. The number of hydrogen-bond acceptors (Lipinski definition) is 11. The predicted octanol–water partition coefficient (Wildman–Crippen LogP) is 4.01. The number of thiazole rings is 1.